The number of nitrogens with one attached hydrogen (secondary N) is 2. The molecule has 1 fully saturated rings. The van der Waals surface area contributed by atoms with Gasteiger partial charge in [-0.2, -0.15) is 0 Å². The van der Waals surface area contributed by atoms with Crippen LogP contribution in [0.1, 0.15) is 31.4 Å². The van der Waals surface area contributed by atoms with Gasteiger partial charge in [0.05, 0.1) is 6.04 Å². The molecule has 7 nitrogen and oxygen atoms in total. The number of benzene rings is 1. The summed E-state index contributed by atoms with van der Waals surface area (Å²) in [4.78, 5) is 36.7. The van der Waals surface area contributed by atoms with Crippen LogP contribution in [0.25, 0.3) is 0 Å². The second kappa shape index (κ2) is 5.91. The van der Waals surface area contributed by atoms with Crippen LogP contribution < -0.4 is 15.4 Å². The monoisotopic (exact) mass is 317 g/mol. The molecular weight excluding hydrogens is 298 g/mol. The second-order valence-electron chi connectivity index (χ2n) is 5.84. The molecule has 3 unspecified atom stereocenters. The number of amides is 4. The Morgan fingerprint density at radius 2 is 2.00 bits per heavy atom. The predicted octanol–water partition coefficient (Wildman–Crippen LogP) is 0.955. The van der Waals surface area contributed by atoms with E-state index in [1.54, 1.807) is 0 Å². The molecule has 1 saturated heterocycles. The van der Waals surface area contributed by atoms with E-state index in [-0.39, 0.29) is 30.4 Å². The van der Waals surface area contributed by atoms with Crippen molar-refractivity contribution in [2.75, 3.05) is 7.05 Å². The molecule has 0 spiro atoms. The number of para-hydroxylation sites is 1. The third-order valence-electron chi connectivity index (χ3n) is 4.28. The minimum absolute atomic E-state index is 0.190. The van der Waals surface area contributed by atoms with Gasteiger partial charge in [-0.15, -0.1) is 0 Å². The van der Waals surface area contributed by atoms with E-state index in [9.17, 15) is 14.4 Å². The van der Waals surface area contributed by atoms with Crippen molar-refractivity contribution in [2.45, 2.75) is 38.0 Å². The number of fused-ring (bicyclic) bond motifs is 1. The van der Waals surface area contributed by atoms with Gasteiger partial charge >= 0.3 is 6.03 Å². The van der Waals surface area contributed by atoms with Gasteiger partial charge in [0, 0.05) is 19.0 Å². The van der Waals surface area contributed by atoms with Crippen molar-refractivity contribution < 1.29 is 19.1 Å². The molecule has 2 N–H and O–H groups in total. The third-order valence-corrected chi connectivity index (χ3v) is 4.28. The van der Waals surface area contributed by atoms with E-state index in [2.05, 4.69) is 10.6 Å². The van der Waals surface area contributed by atoms with Crippen LogP contribution in [-0.2, 0) is 9.59 Å². The van der Waals surface area contributed by atoms with Crippen molar-refractivity contribution in [2.24, 2.45) is 0 Å². The largest absolute Gasteiger partial charge is 0.488 e. The van der Waals surface area contributed by atoms with Gasteiger partial charge in [0.1, 0.15) is 17.9 Å². The van der Waals surface area contributed by atoms with Crippen LogP contribution in [0, 0.1) is 0 Å². The summed E-state index contributed by atoms with van der Waals surface area (Å²) in [7, 11) is 1.43. The number of likely N-dealkylation sites (tertiary alicyclic amines) is 1. The zero-order valence-corrected chi connectivity index (χ0v) is 13.0. The summed E-state index contributed by atoms with van der Waals surface area (Å²) in [6.07, 6.45) is 0.381. The first-order valence-electron chi connectivity index (χ1n) is 7.60. The molecule has 2 aliphatic rings. The Labute approximate surface area is 134 Å². The van der Waals surface area contributed by atoms with Crippen LogP contribution in [0.3, 0.4) is 0 Å². The van der Waals surface area contributed by atoms with Crippen molar-refractivity contribution in [3.05, 3.63) is 29.8 Å². The van der Waals surface area contributed by atoms with Gasteiger partial charge in [0.2, 0.25) is 5.91 Å². The Bertz CT molecular complexity index is 660. The van der Waals surface area contributed by atoms with Crippen molar-refractivity contribution in [3.63, 3.8) is 0 Å². The van der Waals surface area contributed by atoms with Gasteiger partial charge in [-0.1, -0.05) is 18.2 Å². The number of carbonyl (C=O) groups excluding carboxylic acids is 3. The quantitative estimate of drug-likeness (QED) is 0.795. The molecule has 3 rings (SSSR count). The van der Waals surface area contributed by atoms with Gasteiger partial charge in [0.25, 0.3) is 5.91 Å². The normalized spacial score (nSPS) is 26.5. The van der Waals surface area contributed by atoms with E-state index in [4.69, 9.17) is 4.74 Å². The summed E-state index contributed by atoms with van der Waals surface area (Å²) in [5.41, 5.74) is 0.914. The Kier molecular flexibility index (Phi) is 3.94. The number of carbonyl (C=O) groups is 3. The summed E-state index contributed by atoms with van der Waals surface area (Å²) in [5, 5.41) is 5.50. The number of hydrogen-bond donors (Lipinski definition) is 2. The highest BCUT2D eigenvalue weighted by atomic mass is 16.5. The van der Waals surface area contributed by atoms with Gasteiger partial charge in [-0.3, -0.25) is 14.5 Å². The van der Waals surface area contributed by atoms with Crippen LogP contribution in [0.4, 0.5) is 4.79 Å². The second-order valence-corrected chi connectivity index (χ2v) is 5.84. The Hall–Kier alpha value is -2.57. The maximum absolute atomic E-state index is 12.2. The fourth-order valence-corrected chi connectivity index (χ4v) is 2.95. The lowest BCUT2D eigenvalue weighted by molar-refractivity contribution is -0.147. The number of ether oxygens (including phenoxy) is 1. The number of likely N-dealkylation sites (N-methyl/N-ethyl adjacent to an activating group) is 1. The minimum atomic E-state index is -0.675. The van der Waals surface area contributed by atoms with E-state index in [1.165, 1.54) is 7.05 Å². The number of hydrogen-bond acceptors (Lipinski definition) is 4. The van der Waals surface area contributed by atoms with E-state index in [0.29, 0.717) is 6.42 Å². The average molecular weight is 317 g/mol. The molecule has 2 heterocycles. The van der Waals surface area contributed by atoms with E-state index in [0.717, 1.165) is 16.2 Å². The summed E-state index contributed by atoms with van der Waals surface area (Å²) in [5.74, 6) is 0.150. The fourth-order valence-electron chi connectivity index (χ4n) is 2.95. The summed E-state index contributed by atoms with van der Waals surface area (Å²) >= 11 is 0. The van der Waals surface area contributed by atoms with Gasteiger partial charge < -0.3 is 15.4 Å². The minimum Gasteiger partial charge on any atom is -0.488 e. The SMILES string of the molecule is CC1Oc2ccccc2C1NC(=O)NC1CCC(=O)N(C)C1=O. The first-order chi connectivity index (χ1) is 11.0. The maximum Gasteiger partial charge on any atom is 0.316 e. The molecule has 122 valence electrons. The lowest BCUT2D eigenvalue weighted by Gasteiger charge is -2.28. The molecule has 3 atom stereocenters. The van der Waals surface area contributed by atoms with Crippen LogP contribution in [0.15, 0.2) is 24.3 Å². The van der Waals surface area contributed by atoms with Gasteiger partial charge in [0.15, 0.2) is 0 Å². The van der Waals surface area contributed by atoms with Crippen molar-refractivity contribution in [1.29, 1.82) is 0 Å². The third kappa shape index (κ3) is 2.86. The van der Waals surface area contributed by atoms with E-state index >= 15 is 0 Å². The smallest absolute Gasteiger partial charge is 0.316 e. The van der Waals surface area contributed by atoms with Crippen LogP contribution in [0.2, 0.25) is 0 Å². The highest BCUT2D eigenvalue weighted by Crippen LogP contribution is 2.35. The topological polar surface area (TPSA) is 87.7 Å². The number of rotatable bonds is 2. The standard InChI is InChI=1S/C16H19N3O4/c1-9-14(10-5-3-4-6-12(10)23-9)18-16(22)17-11-7-8-13(20)19(2)15(11)21/h3-6,9,11,14H,7-8H2,1-2H3,(H2,17,18,22). The first-order valence-corrected chi connectivity index (χ1v) is 7.60. The summed E-state index contributed by atoms with van der Waals surface area (Å²) in [6, 6.07) is 6.14. The molecule has 1 aromatic rings. The summed E-state index contributed by atoms with van der Waals surface area (Å²) < 4.78 is 5.70. The number of imide groups is 1. The lowest BCUT2D eigenvalue weighted by Crippen LogP contribution is -2.55. The lowest BCUT2D eigenvalue weighted by atomic mass is 10.0. The Morgan fingerprint density at radius 3 is 2.78 bits per heavy atom. The molecular formula is C16H19N3O4. The van der Waals surface area contributed by atoms with Gasteiger partial charge in [-0.25, -0.2) is 4.79 Å². The molecule has 0 aromatic heterocycles. The number of urea groups is 1. The Balaban J connectivity index is 1.64. The van der Waals surface area contributed by atoms with E-state index < -0.39 is 12.1 Å². The zero-order chi connectivity index (χ0) is 16.6. The van der Waals surface area contributed by atoms with Crippen LogP contribution in [0.5, 0.6) is 5.75 Å². The molecule has 4 amide bonds. The average Bonchev–Trinajstić information content (AvgIpc) is 2.84. The molecule has 0 radical (unpaired) electrons. The zero-order valence-electron chi connectivity index (χ0n) is 13.0. The Morgan fingerprint density at radius 1 is 1.26 bits per heavy atom. The van der Waals surface area contributed by atoms with Crippen molar-refractivity contribution >= 4 is 17.8 Å². The molecule has 0 aliphatic carbocycles. The molecule has 0 saturated carbocycles. The molecule has 2 aliphatic heterocycles. The van der Waals surface area contributed by atoms with Crippen LogP contribution in [-0.4, -0.2) is 41.9 Å². The van der Waals surface area contributed by atoms with E-state index in [1.807, 2.05) is 31.2 Å². The van der Waals surface area contributed by atoms with Crippen molar-refractivity contribution in [1.82, 2.24) is 15.5 Å². The van der Waals surface area contributed by atoms with Crippen molar-refractivity contribution in [3.8, 4) is 5.75 Å². The summed E-state index contributed by atoms with van der Waals surface area (Å²) in [6.45, 7) is 1.88. The highest BCUT2D eigenvalue weighted by Gasteiger charge is 2.35. The maximum atomic E-state index is 12.2. The molecule has 23 heavy (non-hydrogen) atoms. The first kappa shape index (κ1) is 15.3. The number of piperidine rings is 1. The predicted molar refractivity (Wildman–Crippen MR) is 81.7 cm³/mol. The fraction of sp³-hybridized carbons (Fsp3) is 0.438. The molecule has 7 heteroatoms. The van der Waals surface area contributed by atoms with Crippen LogP contribution >= 0.6 is 0 Å². The number of nitrogens with zero attached hydrogens (tertiary/aromatic N) is 1. The molecule has 0 bridgehead atoms. The molecule has 1 aromatic carbocycles. The van der Waals surface area contributed by atoms with Gasteiger partial charge in [-0.05, 0) is 19.4 Å². The highest BCUT2D eigenvalue weighted by molar-refractivity contribution is 6.01.